The number of para-hydroxylation sites is 1. The molecule has 5 nitrogen and oxygen atoms in total. The van der Waals surface area contributed by atoms with Gasteiger partial charge >= 0.3 is 0 Å². The summed E-state index contributed by atoms with van der Waals surface area (Å²) in [5, 5.41) is 11.5. The number of amides is 1. The third kappa shape index (κ3) is 4.24. The maximum absolute atomic E-state index is 11.8. The summed E-state index contributed by atoms with van der Waals surface area (Å²) in [4.78, 5) is 11.8. The Hall–Kier alpha value is -1.02. The number of anilines is 2. The van der Waals surface area contributed by atoms with E-state index >= 15 is 0 Å². The van der Waals surface area contributed by atoms with Crippen molar-refractivity contribution in [2.24, 2.45) is 0 Å². The lowest BCUT2D eigenvalue weighted by atomic mass is 10.3. The molecular weight excluding hydrogens is 339 g/mol. The van der Waals surface area contributed by atoms with Crippen molar-refractivity contribution in [2.75, 3.05) is 16.8 Å². The molecule has 9 heteroatoms. The lowest BCUT2D eigenvalue weighted by Gasteiger charge is -2.08. The topological polar surface area (TPSA) is 80.9 Å². The molecule has 2 rings (SSSR count). The van der Waals surface area contributed by atoms with Crippen molar-refractivity contribution in [2.45, 2.75) is 10.8 Å². The van der Waals surface area contributed by atoms with Crippen LogP contribution in [0.4, 0.5) is 10.8 Å². The highest BCUT2D eigenvalue weighted by molar-refractivity contribution is 8.01. The van der Waals surface area contributed by atoms with Crippen LogP contribution in [0, 0.1) is 0 Å². The van der Waals surface area contributed by atoms with Crippen molar-refractivity contribution in [3.63, 3.8) is 0 Å². The fourth-order valence-electron chi connectivity index (χ4n) is 1.33. The summed E-state index contributed by atoms with van der Waals surface area (Å²) in [6.07, 6.45) is 0.311. The first-order valence-electron chi connectivity index (χ1n) is 5.52. The summed E-state index contributed by atoms with van der Waals surface area (Å²) in [5.74, 6) is 0.410. The van der Waals surface area contributed by atoms with E-state index in [-0.39, 0.29) is 5.91 Å². The van der Waals surface area contributed by atoms with Crippen LogP contribution in [0.2, 0.25) is 10.0 Å². The molecule has 1 aromatic carbocycles. The minimum absolute atomic E-state index is 0.162. The van der Waals surface area contributed by atoms with E-state index in [1.165, 1.54) is 23.1 Å². The van der Waals surface area contributed by atoms with Gasteiger partial charge in [-0.1, -0.05) is 52.4 Å². The number of thioether (sulfide) groups is 1. The minimum Gasteiger partial charge on any atom is -0.374 e. The molecule has 0 saturated carbocycles. The summed E-state index contributed by atoms with van der Waals surface area (Å²) in [7, 11) is 0. The Morgan fingerprint density at radius 2 is 2.05 bits per heavy atom. The number of rotatable bonds is 5. The fourth-order valence-corrected chi connectivity index (χ4v) is 3.47. The Morgan fingerprint density at radius 3 is 2.65 bits per heavy atom. The SMILES string of the molecule is Nc1nnc(SCCC(=O)Nc2c(Cl)cccc2Cl)s1. The second kappa shape index (κ2) is 7.12. The van der Waals surface area contributed by atoms with Gasteiger partial charge in [0.25, 0.3) is 0 Å². The molecule has 0 aliphatic rings. The Kier molecular flexibility index (Phi) is 5.47. The molecule has 1 amide bonds. The van der Waals surface area contributed by atoms with Crippen molar-refractivity contribution in [1.82, 2.24) is 10.2 Å². The fraction of sp³-hybridized carbons (Fsp3) is 0.182. The number of nitrogen functional groups attached to an aromatic ring is 1. The molecule has 1 heterocycles. The van der Waals surface area contributed by atoms with Crippen molar-refractivity contribution in [3.05, 3.63) is 28.2 Å². The predicted molar refractivity (Wildman–Crippen MR) is 84.8 cm³/mol. The van der Waals surface area contributed by atoms with Gasteiger partial charge in [-0.3, -0.25) is 4.79 Å². The van der Waals surface area contributed by atoms with E-state index in [0.717, 1.165) is 4.34 Å². The first kappa shape index (κ1) is 15.4. The van der Waals surface area contributed by atoms with Crippen LogP contribution in [0.3, 0.4) is 0 Å². The number of carbonyl (C=O) groups is 1. The van der Waals surface area contributed by atoms with Gasteiger partial charge < -0.3 is 11.1 Å². The van der Waals surface area contributed by atoms with Gasteiger partial charge in [-0.25, -0.2) is 0 Å². The molecule has 0 fully saturated rings. The van der Waals surface area contributed by atoms with Crippen LogP contribution in [0.25, 0.3) is 0 Å². The number of nitrogens with two attached hydrogens (primary N) is 1. The zero-order valence-corrected chi connectivity index (χ0v) is 13.2. The van der Waals surface area contributed by atoms with Crippen molar-refractivity contribution >= 4 is 63.0 Å². The van der Waals surface area contributed by atoms with Gasteiger partial charge in [-0.05, 0) is 12.1 Å². The van der Waals surface area contributed by atoms with E-state index in [1.54, 1.807) is 18.2 Å². The Balaban J connectivity index is 1.84. The van der Waals surface area contributed by atoms with Gasteiger partial charge in [0.2, 0.25) is 11.0 Å². The average molecular weight is 349 g/mol. The van der Waals surface area contributed by atoms with Crippen molar-refractivity contribution < 1.29 is 4.79 Å². The number of nitrogens with one attached hydrogen (secondary N) is 1. The van der Waals surface area contributed by atoms with E-state index in [9.17, 15) is 4.79 Å². The highest BCUT2D eigenvalue weighted by Crippen LogP contribution is 2.30. The van der Waals surface area contributed by atoms with Gasteiger partial charge in [0.1, 0.15) is 0 Å². The second-order valence-electron chi connectivity index (χ2n) is 3.65. The molecule has 0 spiro atoms. The van der Waals surface area contributed by atoms with E-state index < -0.39 is 0 Å². The molecule has 2 aromatic rings. The van der Waals surface area contributed by atoms with Crippen LogP contribution >= 0.6 is 46.3 Å². The molecule has 0 atom stereocenters. The van der Waals surface area contributed by atoms with Crippen LogP contribution in [0.15, 0.2) is 22.5 Å². The molecule has 0 aliphatic heterocycles. The normalized spacial score (nSPS) is 10.5. The Labute approximate surface area is 133 Å². The van der Waals surface area contributed by atoms with Crippen molar-refractivity contribution in [3.8, 4) is 0 Å². The number of benzene rings is 1. The van der Waals surface area contributed by atoms with Crippen LogP contribution in [-0.2, 0) is 4.79 Å². The Morgan fingerprint density at radius 1 is 1.35 bits per heavy atom. The highest BCUT2D eigenvalue weighted by Gasteiger charge is 2.10. The van der Waals surface area contributed by atoms with E-state index in [2.05, 4.69) is 15.5 Å². The average Bonchev–Trinajstić information content (AvgIpc) is 2.80. The number of carbonyl (C=O) groups excluding carboxylic acids is 1. The summed E-state index contributed by atoms with van der Waals surface area (Å²) >= 11 is 14.7. The van der Waals surface area contributed by atoms with Gasteiger partial charge in [-0.2, -0.15) is 0 Å². The maximum Gasteiger partial charge on any atom is 0.225 e. The predicted octanol–water partition coefficient (Wildman–Crippen LogP) is 3.55. The quantitative estimate of drug-likeness (QED) is 0.807. The Bertz CT molecular complexity index is 600. The lowest BCUT2D eigenvalue weighted by Crippen LogP contribution is -2.12. The number of aromatic nitrogens is 2. The molecular formula is C11H10Cl2N4OS2. The molecule has 0 saturated heterocycles. The molecule has 106 valence electrons. The van der Waals surface area contributed by atoms with Gasteiger partial charge in [0, 0.05) is 12.2 Å². The molecule has 0 aliphatic carbocycles. The van der Waals surface area contributed by atoms with E-state index in [0.29, 0.717) is 33.0 Å². The largest absolute Gasteiger partial charge is 0.374 e. The second-order valence-corrected chi connectivity index (χ2v) is 6.82. The summed E-state index contributed by atoms with van der Waals surface area (Å²) in [5.41, 5.74) is 5.90. The summed E-state index contributed by atoms with van der Waals surface area (Å²) in [6.45, 7) is 0. The van der Waals surface area contributed by atoms with Gasteiger partial charge in [0.15, 0.2) is 4.34 Å². The molecule has 20 heavy (non-hydrogen) atoms. The van der Waals surface area contributed by atoms with Crippen LogP contribution < -0.4 is 11.1 Å². The van der Waals surface area contributed by atoms with Crippen LogP contribution in [0.1, 0.15) is 6.42 Å². The molecule has 1 aromatic heterocycles. The lowest BCUT2D eigenvalue weighted by molar-refractivity contribution is -0.115. The third-order valence-electron chi connectivity index (χ3n) is 2.20. The number of halogens is 2. The molecule has 0 unspecified atom stereocenters. The van der Waals surface area contributed by atoms with Crippen LogP contribution in [-0.4, -0.2) is 21.9 Å². The summed E-state index contributed by atoms with van der Waals surface area (Å²) in [6, 6.07) is 5.06. The summed E-state index contributed by atoms with van der Waals surface area (Å²) < 4.78 is 0.742. The molecule has 0 radical (unpaired) electrons. The maximum atomic E-state index is 11.8. The third-order valence-corrected chi connectivity index (χ3v) is 4.72. The highest BCUT2D eigenvalue weighted by atomic mass is 35.5. The first-order chi connectivity index (χ1) is 9.56. The number of nitrogens with zero attached hydrogens (tertiary/aromatic N) is 2. The van der Waals surface area contributed by atoms with Crippen molar-refractivity contribution in [1.29, 1.82) is 0 Å². The minimum atomic E-state index is -0.162. The monoisotopic (exact) mass is 348 g/mol. The first-order valence-corrected chi connectivity index (χ1v) is 8.07. The number of hydrogen-bond donors (Lipinski definition) is 2. The van der Waals surface area contributed by atoms with E-state index in [1.807, 2.05) is 0 Å². The molecule has 3 N–H and O–H groups in total. The zero-order chi connectivity index (χ0) is 14.5. The molecule has 0 bridgehead atoms. The van der Waals surface area contributed by atoms with Gasteiger partial charge in [-0.15, -0.1) is 10.2 Å². The van der Waals surface area contributed by atoms with Crippen LogP contribution in [0.5, 0.6) is 0 Å². The number of hydrogen-bond acceptors (Lipinski definition) is 6. The van der Waals surface area contributed by atoms with E-state index in [4.69, 9.17) is 28.9 Å². The zero-order valence-electron chi connectivity index (χ0n) is 10.1. The van der Waals surface area contributed by atoms with Gasteiger partial charge in [0.05, 0.1) is 15.7 Å². The smallest absolute Gasteiger partial charge is 0.225 e. The standard InChI is InChI=1S/C11H10Cl2N4OS2/c12-6-2-1-3-7(13)9(6)15-8(18)4-5-19-11-17-16-10(14)20-11/h1-3H,4-5H2,(H2,14,16)(H,15,18).